The van der Waals surface area contributed by atoms with E-state index in [1.165, 1.54) is 28.6 Å². The van der Waals surface area contributed by atoms with Crippen LogP contribution in [-0.4, -0.2) is 22.8 Å². The highest BCUT2D eigenvalue weighted by molar-refractivity contribution is 8.26. The summed E-state index contributed by atoms with van der Waals surface area (Å²) in [6, 6.07) is 14.6. The van der Waals surface area contributed by atoms with Crippen molar-refractivity contribution in [2.24, 2.45) is 0 Å². The highest BCUT2D eigenvalue weighted by Crippen LogP contribution is 2.50. The molecule has 3 nitrogen and oxygen atoms in total. The summed E-state index contributed by atoms with van der Waals surface area (Å²) in [5, 5.41) is 3.42. The second-order valence-electron chi connectivity index (χ2n) is 8.52. The first-order valence-corrected chi connectivity index (χ1v) is 11.1. The van der Waals surface area contributed by atoms with Gasteiger partial charge in [0.1, 0.15) is 4.32 Å². The number of carbonyl (C=O) groups is 1. The molecular weight excluding hydrogens is 420 g/mol. The van der Waals surface area contributed by atoms with Gasteiger partial charge in [0.2, 0.25) is 0 Å². The van der Waals surface area contributed by atoms with Gasteiger partial charge in [-0.2, -0.15) is 0 Å². The van der Waals surface area contributed by atoms with Crippen molar-refractivity contribution in [1.82, 2.24) is 5.32 Å². The van der Waals surface area contributed by atoms with Crippen molar-refractivity contribution >= 4 is 57.6 Å². The van der Waals surface area contributed by atoms with Crippen LogP contribution in [0.2, 0.25) is 5.02 Å². The molecule has 4 rings (SSSR count). The van der Waals surface area contributed by atoms with Crippen molar-refractivity contribution in [3.63, 3.8) is 0 Å². The normalized spacial score (nSPS) is 24.6. The highest BCUT2D eigenvalue weighted by Gasteiger charge is 2.44. The molecule has 0 saturated carbocycles. The maximum absolute atomic E-state index is 12.1. The number of carbonyl (C=O) groups excluding carboxylic acids is 1. The summed E-state index contributed by atoms with van der Waals surface area (Å²) in [6.07, 6.45) is 2.88. The Morgan fingerprint density at radius 2 is 1.86 bits per heavy atom. The van der Waals surface area contributed by atoms with Gasteiger partial charge in [0.05, 0.1) is 4.91 Å². The SMILES string of the molecule is CN1c2ccc(C=C3SC(=S)NC3=O)cc2C(C)(c2ccc(Cl)cc2)CC1(C)C. The molecule has 1 amide bonds. The van der Waals surface area contributed by atoms with Crippen LogP contribution in [0.1, 0.15) is 43.9 Å². The largest absolute Gasteiger partial charge is 0.369 e. The molecule has 0 spiro atoms. The first-order chi connectivity index (χ1) is 13.6. The molecule has 1 atom stereocenters. The summed E-state index contributed by atoms with van der Waals surface area (Å²) >= 11 is 12.6. The van der Waals surface area contributed by atoms with Crippen molar-refractivity contribution in [2.45, 2.75) is 38.1 Å². The fraction of sp³-hybridized carbons (Fsp3) is 0.304. The molecule has 150 valence electrons. The smallest absolute Gasteiger partial charge is 0.263 e. The van der Waals surface area contributed by atoms with E-state index in [9.17, 15) is 4.79 Å². The second kappa shape index (κ2) is 7.15. The molecule has 2 aromatic rings. The summed E-state index contributed by atoms with van der Waals surface area (Å²) in [6.45, 7) is 6.85. The Morgan fingerprint density at radius 3 is 2.48 bits per heavy atom. The molecule has 0 radical (unpaired) electrons. The molecule has 1 fully saturated rings. The molecule has 2 aliphatic rings. The average Bonchev–Trinajstić information content (AvgIpc) is 2.97. The van der Waals surface area contributed by atoms with Crippen molar-refractivity contribution in [3.8, 4) is 0 Å². The zero-order chi connectivity index (χ0) is 21.0. The number of amides is 1. The van der Waals surface area contributed by atoms with Gasteiger partial charge in [-0.25, -0.2) is 0 Å². The minimum Gasteiger partial charge on any atom is -0.369 e. The van der Waals surface area contributed by atoms with E-state index in [1.807, 2.05) is 18.2 Å². The lowest BCUT2D eigenvalue weighted by atomic mass is 9.65. The molecule has 0 aromatic heterocycles. The van der Waals surface area contributed by atoms with E-state index in [4.69, 9.17) is 23.8 Å². The van der Waals surface area contributed by atoms with Gasteiger partial charge in [-0.15, -0.1) is 0 Å². The average molecular weight is 443 g/mol. The molecule has 1 N–H and O–H groups in total. The van der Waals surface area contributed by atoms with Gasteiger partial charge >= 0.3 is 0 Å². The van der Waals surface area contributed by atoms with E-state index < -0.39 is 0 Å². The molecule has 0 aliphatic carbocycles. The highest BCUT2D eigenvalue weighted by atomic mass is 35.5. The molecule has 1 saturated heterocycles. The lowest BCUT2D eigenvalue weighted by molar-refractivity contribution is -0.115. The molecule has 6 heteroatoms. The van der Waals surface area contributed by atoms with Crippen LogP contribution < -0.4 is 10.2 Å². The Labute approximate surface area is 186 Å². The summed E-state index contributed by atoms with van der Waals surface area (Å²) < 4.78 is 0.506. The number of fused-ring (bicyclic) bond motifs is 1. The molecule has 0 bridgehead atoms. The van der Waals surface area contributed by atoms with Gasteiger partial charge in [-0.1, -0.05) is 60.7 Å². The molecule has 1 unspecified atom stereocenters. The fourth-order valence-electron chi connectivity index (χ4n) is 4.43. The van der Waals surface area contributed by atoms with Crippen molar-refractivity contribution in [3.05, 3.63) is 69.1 Å². The molecular formula is C23H23ClN2OS2. The molecule has 2 aliphatic heterocycles. The topological polar surface area (TPSA) is 32.3 Å². The van der Waals surface area contributed by atoms with Crippen LogP contribution in [0.25, 0.3) is 6.08 Å². The van der Waals surface area contributed by atoms with Crippen molar-refractivity contribution in [2.75, 3.05) is 11.9 Å². The minimum atomic E-state index is -0.176. The van der Waals surface area contributed by atoms with Crippen molar-refractivity contribution in [1.29, 1.82) is 0 Å². The predicted octanol–water partition coefficient (Wildman–Crippen LogP) is 5.75. The molecule has 29 heavy (non-hydrogen) atoms. The standard InChI is InChI=1S/C23H23ClN2OS2/c1-22(2)13-23(3,15-6-8-16(24)9-7-15)17-11-14(5-10-18(17)26(22)4)12-19-20(27)25-21(28)29-19/h5-12H,13H2,1-4H3,(H,25,27,28). The van der Waals surface area contributed by atoms with E-state index in [1.54, 1.807) is 0 Å². The molecule has 2 aromatic carbocycles. The van der Waals surface area contributed by atoms with Gasteiger partial charge in [0, 0.05) is 28.7 Å². The zero-order valence-electron chi connectivity index (χ0n) is 16.9. The lowest BCUT2D eigenvalue weighted by Gasteiger charge is -2.51. The number of hydrogen-bond acceptors (Lipinski definition) is 4. The first kappa shape index (κ1) is 20.5. The second-order valence-corrected chi connectivity index (χ2v) is 10.7. The number of thioether (sulfide) groups is 1. The van der Waals surface area contributed by atoms with E-state index in [2.05, 4.69) is 68.4 Å². The van der Waals surface area contributed by atoms with Crippen LogP contribution in [-0.2, 0) is 10.2 Å². The van der Waals surface area contributed by atoms with Gasteiger partial charge in [-0.05, 0) is 67.3 Å². The number of hydrogen-bond donors (Lipinski definition) is 1. The van der Waals surface area contributed by atoms with E-state index >= 15 is 0 Å². The van der Waals surface area contributed by atoms with Gasteiger partial charge in [0.25, 0.3) is 5.91 Å². The fourth-order valence-corrected chi connectivity index (χ4v) is 5.60. The Kier molecular flexibility index (Phi) is 5.04. The monoisotopic (exact) mass is 442 g/mol. The maximum atomic E-state index is 12.1. The third-order valence-corrected chi connectivity index (χ3v) is 7.51. The summed E-state index contributed by atoms with van der Waals surface area (Å²) in [7, 11) is 2.15. The van der Waals surface area contributed by atoms with E-state index in [0.717, 1.165) is 17.0 Å². The van der Waals surface area contributed by atoms with E-state index in [-0.39, 0.29) is 16.9 Å². The number of benzene rings is 2. The third kappa shape index (κ3) is 3.60. The van der Waals surface area contributed by atoms with Crippen molar-refractivity contribution < 1.29 is 4.79 Å². The molecule has 2 heterocycles. The first-order valence-electron chi connectivity index (χ1n) is 9.49. The quantitative estimate of drug-likeness (QED) is 0.473. The van der Waals surface area contributed by atoms with Crippen LogP contribution in [0.3, 0.4) is 0 Å². The van der Waals surface area contributed by atoms with Gasteiger partial charge in [-0.3, -0.25) is 4.79 Å². The zero-order valence-corrected chi connectivity index (χ0v) is 19.3. The summed E-state index contributed by atoms with van der Waals surface area (Å²) in [4.78, 5) is 15.1. The summed E-state index contributed by atoms with van der Waals surface area (Å²) in [5.74, 6) is -0.128. The number of nitrogens with one attached hydrogen (secondary N) is 1. The minimum absolute atomic E-state index is 0.00521. The Morgan fingerprint density at radius 1 is 1.17 bits per heavy atom. The Hall–Kier alpha value is -1.82. The maximum Gasteiger partial charge on any atom is 0.263 e. The van der Waals surface area contributed by atoms with Crippen LogP contribution in [0, 0.1) is 0 Å². The lowest BCUT2D eigenvalue weighted by Crippen LogP contribution is -2.51. The van der Waals surface area contributed by atoms with Crippen LogP contribution in [0.5, 0.6) is 0 Å². The number of anilines is 1. The number of nitrogens with zero attached hydrogens (tertiary/aromatic N) is 1. The van der Waals surface area contributed by atoms with Crippen LogP contribution in [0.15, 0.2) is 47.4 Å². The van der Waals surface area contributed by atoms with Crippen LogP contribution >= 0.6 is 35.6 Å². The summed E-state index contributed by atoms with van der Waals surface area (Å²) in [5.41, 5.74) is 4.52. The van der Waals surface area contributed by atoms with Gasteiger partial charge < -0.3 is 10.2 Å². The number of halogens is 1. The Bertz CT molecular complexity index is 1050. The van der Waals surface area contributed by atoms with Gasteiger partial charge in [0.15, 0.2) is 0 Å². The van der Waals surface area contributed by atoms with E-state index in [0.29, 0.717) is 9.23 Å². The predicted molar refractivity (Wildman–Crippen MR) is 128 cm³/mol. The Balaban J connectivity index is 1.87. The third-order valence-electron chi connectivity index (χ3n) is 6.09. The van der Waals surface area contributed by atoms with Crippen LogP contribution in [0.4, 0.5) is 5.69 Å². The number of thiocarbonyl (C=S) groups is 1. The number of rotatable bonds is 2.